The molecule has 0 atom stereocenters. The number of phenolic OH excluding ortho intramolecular Hbond substituents is 2. The van der Waals surface area contributed by atoms with Gasteiger partial charge in [0.2, 0.25) is 0 Å². The summed E-state index contributed by atoms with van der Waals surface area (Å²) in [4.78, 5) is 9.29. The van der Waals surface area contributed by atoms with Crippen LogP contribution in [0.5, 0.6) is 11.5 Å². The van der Waals surface area contributed by atoms with Gasteiger partial charge in [-0.1, -0.05) is 36.4 Å². The van der Waals surface area contributed by atoms with Crippen molar-refractivity contribution in [3.8, 4) is 45.4 Å². The first kappa shape index (κ1) is 18.8. The topological polar surface area (TPSA) is 66.2 Å². The molecule has 0 amide bonds. The number of pyridine rings is 2. The second-order valence-corrected chi connectivity index (χ2v) is 5.85. The summed E-state index contributed by atoms with van der Waals surface area (Å²) in [5, 5.41) is 20.1. The van der Waals surface area contributed by atoms with Gasteiger partial charge in [0.1, 0.15) is 11.5 Å². The standard InChI is InChI=1S/C22H16N2O2.Pd/c25-21-13-3-1-7-15(21)17-9-5-11-19(23-17)20-12-6-10-18(24-20)16-8-2-4-14-22(16)26;/h1-14,25-26H;. The molecule has 5 heteroatoms. The van der Waals surface area contributed by atoms with Crippen molar-refractivity contribution in [2.24, 2.45) is 0 Å². The van der Waals surface area contributed by atoms with Crippen LogP contribution >= 0.6 is 0 Å². The van der Waals surface area contributed by atoms with Gasteiger partial charge >= 0.3 is 0 Å². The fraction of sp³-hybridized carbons (Fsp3) is 0. The monoisotopic (exact) mass is 446 g/mol. The zero-order chi connectivity index (χ0) is 17.9. The Labute approximate surface area is 170 Å². The number of rotatable bonds is 3. The van der Waals surface area contributed by atoms with Gasteiger partial charge in [-0.2, -0.15) is 0 Å². The summed E-state index contributed by atoms with van der Waals surface area (Å²) >= 11 is 0. The van der Waals surface area contributed by atoms with Gasteiger partial charge in [0.25, 0.3) is 0 Å². The van der Waals surface area contributed by atoms with Crippen LogP contribution in [0.25, 0.3) is 33.9 Å². The zero-order valence-corrected chi connectivity index (χ0v) is 15.7. The first-order valence-electron chi connectivity index (χ1n) is 8.23. The SMILES string of the molecule is Oc1ccccc1-c1cccc(-c2cccc(-c3ccccc3O)n2)n1.[Pd]. The molecule has 2 aromatic heterocycles. The van der Waals surface area contributed by atoms with Crippen molar-refractivity contribution in [1.82, 2.24) is 9.97 Å². The van der Waals surface area contributed by atoms with Gasteiger partial charge in [-0.05, 0) is 48.5 Å². The van der Waals surface area contributed by atoms with E-state index in [0.29, 0.717) is 33.9 Å². The summed E-state index contributed by atoms with van der Waals surface area (Å²) < 4.78 is 0. The van der Waals surface area contributed by atoms with E-state index in [1.807, 2.05) is 60.7 Å². The second-order valence-electron chi connectivity index (χ2n) is 5.85. The minimum Gasteiger partial charge on any atom is -0.507 e. The molecule has 2 aromatic carbocycles. The molecule has 0 bridgehead atoms. The molecule has 27 heavy (non-hydrogen) atoms. The molecule has 0 fully saturated rings. The van der Waals surface area contributed by atoms with Crippen LogP contribution in [0, 0.1) is 0 Å². The van der Waals surface area contributed by atoms with Crippen molar-refractivity contribution < 1.29 is 30.6 Å². The first-order valence-corrected chi connectivity index (χ1v) is 8.23. The predicted molar refractivity (Wildman–Crippen MR) is 102 cm³/mol. The minimum absolute atomic E-state index is 0. The normalized spacial score (nSPS) is 10.2. The summed E-state index contributed by atoms with van der Waals surface area (Å²) in [5.41, 5.74) is 4.09. The molecule has 2 N–H and O–H groups in total. The third kappa shape index (κ3) is 3.90. The second kappa shape index (κ2) is 8.13. The molecule has 0 saturated heterocycles. The van der Waals surface area contributed by atoms with Crippen LogP contribution in [0.15, 0.2) is 84.9 Å². The van der Waals surface area contributed by atoms with E-state index in [9.17, 15) is 10.2 Å². The Morgan fingerprint density at radius 1 is 0.444 bits per heavy atom. The molecule has 0 aliphatic heterocycles. The van der Waals surface area contributed by atoms with Crippen LogP contribution in [0.3, 0.4) is 0 Å². The van der Waals surface area contributed by atoms with Crippen molar-refractivity contribution in [3.05, 3.63) is 84.9 Å². The molecule has 4 nitrogen and oxygen atoms in total. The van der Waals surface area contributed by atoms with Crippen LogP contribution < -0.4 is 0 Å². The van der Waals surface area contributed by atoms with Gasteiger partial charge in [0.15, 0.2) is 0 Å². The van der Waals surface area contributed by atoms with Gasteiger partial charge < -0.3 is 10.2 Å². The van der Waals surface area contributed by atoms with E-state index in [1.54, 1.807) is 24.3 Å². The van der Waals surface area contributed by atoms with E-state index in [1.165, 1.54) is 0 Å². The number of hydrogen-bond donors (Lipinski definition) is 2. The molecule has 2 heterocycles. The van der Waals surface area contributed by atoms with Crippen molar-refractivity contribution in [2.45, 2.75) is 0 Å². The molecular formula is C22H16N2O2Pd. The Bertz CT molecular complexity index is 996. The van der Waals surface area contributed by atoms with E-state index in [0.717, 1.165) is 0 Å². The minimum atomic E-state index is 0. The maximum atomic E-state index is 10.1. The van der Waals surface area contributed by atoms with Crippen LogP contribution in [-0.4, -0.2) is 20.2 Å². The van der Waals surface area contributed by atoms with Gasteiger partial charge in [-0.25, -0.2) is 9.97 Å². The molecular weight excluding hydrogens is 431 g/mol. The summed E-state index contributed by atoms with van der Waals surface area (Å²) in [7, 11) is 0. The number of para-hydroxylation sites is 2. The van der Waals surface area contributed by atoms with Gasteiger partial charge in [0, 0.05) is 31.5 Å². The molecule has 0 aliphatic carbocycles. The van der Waals surface area contributed by atoms with Crippen molar-refractivity contribution >= 4 is 0 Å². The van der Waals surface area contributed by atoms with Crippen LogP contribution in [0.4, 0.5) is 0 Å². The number of aromatic nitrogens is 2. The van der Waals surface area contributed by atoms with E-state index in [-0.39, 0.29) is 31.9 Å². The molecule has 0 unspecified atom stereocenters. The van der Waals surface area contributed by atoms with Crippen LogP contribution in [0.1, 0.15) is 0 Å². The Hall–Kier alpha value is -3.00. The van der Waals surface area contributed by atoms with Crippen molar-refractivity contribution in [1.29, 1.82) is 0 Å². The third-order valence-electron chi connectivity index (χ3n) is 4.12. The summed E-state index contributed by atoms with van der Waals surface area (Å²) in [6, 6.07) is 25.4. The van der Waals surface area contributed by atoms with Crippen LogP contribution in [0.2, 0.25) is 0 Å². The number of phenols is 2. The first-order chi connectivity index (χ1) is 12.7. The van der Waals surface area contributed by atoms with Crippen LogP contribution in [-0.2, 0) is 20.4 Å². The Kier molecular flexibility index (Phi) is 5.66. The summed E-state index contributed by atoms with van der Waals surface area (Å²) in [6.45, 7) is 0. The summed E-state index contributed by atoms with van der Waals surface area (Å²) in [5.74, 6) is 0.376. The summed E-state index contributed by atoms with van der Waals surface area (Å²) in [6.07, 6.45) is 0. The van der Waals surface area contributed by atoms with E-state index < -0.39 is 0 Å². The molecule has 4 rings (SSSR count). The smallest absolute Gasteiger partial charge is 0.124 e. The van der Waals surface area contributed by atoms with Gasteiger partial charge in [0.05, 0.1) is 22.8 Å². The largest absolute Gasteiger partial charge is 0.507 e. The number of hydrogen-bond acceptors (Lipinski definition) is 4. The quantitative estimate of drug-likeness (QED) is 0.440. The number of benzene rings is 2. The molecule has 136 valence electrons. The number of nitrogens with zero attached hydrogens (tertiary/aromatic N) is 2. The third-order valence-corrected chi connectivity index (χ3v) is 4.12. The van der Waals surface area contributed by atoms with Gasteiger partial charge in [-0.3, -0.25) is 0 Å². The van der Waals surface area contributed by atoms with E-state index in [2.05, 4.69) is 9.97 Å². The molecule has 4 aromatic rings. The fourth-order valence-electron chi connectivity index (χ4n) is 2.84. The van der Waals surface area contributed by atoms with E-state index >= 15 is 0 Å². The Morgan fingerprint density at radius 3 is 1.22 bits per heavy atom. The Morgan fingerprint density at radius 2 is 0.815 bits per heavy atom. The van der Waals surface area contributed by atoms with Gasteiger partial charge in [-0.15, -0.1) is 0 Å². The number of aromatic hydroxyl groups is 2. The van der Waals surface area contributed by atoms with Crippen molar-refractivity contribution in [2.75, 3.05) is 0 Å². The van der Waals surface area contributed by atoms with E-state index in [4.69, 9.17) is 0 Å². The predicted octanol–water partition coefficient (Wildman–Crippen LogP) is 4.89. The molecule has 0 aliphatic rings. The average Bonchev–Trinajstić information content (AvgIpc) is 2.69. The maximum absolute atomic E-state index is 10.1. The van der Waals surface area contributed by atoms with Crippen molar-refractivity contribution in [3.63, 3.8) is 0 Å². The molecule has 0 spiro atoms. The Balaban J connectivity index is 0.00000210. The fourth-order valence-corrected chi connectivity index (χ4v) is 2.84. The molecule has 0 radical (unpaired) electrons. The average molecular weight is 447 g/mol. The molecule has 0 saturated carbocycles. The maximum Gasteiger partial charge on any atom is 0.124 e. The zero-order valence-electron chi connectivity index (χ0n) is 14.2.